The molecule has 1 heterocycles. The third kappa shape index (κ3) is 2.30. The molecule has 0 amide bonds. The summed E-state index contributed by atoms with van der Waals surface area (Å²) in [6.07, 6.45) is 1.57. The van der Waals surface area contributed by atoms with Crippen LogP contribution >= 0.6 is 0 Å². The molecule has 0 bridgehead atoms. The van der Waals surface area contributed by atoms with Gasteiger partial charge in [0.25, 0.3) is 0 Å². The van der Waals surface area contributed by atoms with Crippen molar-refractivity contribution in [3.63, 3.8) is 0 Å². The van der Waals surface area contributed by atoms with Gasteiger partial charge >= 0.3 is 5.97 Å². The number of carbonyl (C=O) groups is 1. The number of carboxylic acid groups (broad SMARTS) is 1. The summed E-state index contributed by atoms with van der Waals surface area (Å²) in [4.78, 5) is 15.0. The molecule has 0 spiro atoms. The van der Waals surface area contributed by atoms with Crippen molar-refractivity contribution in [3.8, 4) is 5.75 Å². The van der Waals surface area contributed by atoms with E-state index in [1.54, 1.807) is 39.3 Å². The molecule has 0 aliphatic heterocycles. The summed E-state index contributed by atoms with van der Waals surface area (Å²) >= 11 is 0. The first kappa shape index (κ1) is 12.4. The molecule has 16 heavy (non-hydrogen) atoms. The first-order valence-corrected chi connectivity index (χ1v) is 4.88. The Balaban J connectivity index is 3.10. The third-order valence-electron chi connectivity index (χ3n) is 2.67. The molecule has 0 radical (unpaired) electrons. The highest BCUT2D eigenvalue weighted by Crippen LogP contribution is 2.26. The smallest absolute Gasteiger partial charge is 0.321 e. The van der Waals surface area contributed by atoms with Crippen molar-refractivity contribution in [2.75, 3.05) is 7.11 Å². The highest BCUT2D eigenvalue weighted by Gasteiger charge is 2.35. The summed E-state index contributed by atoms with van der Waals surface area (Å²) in [5.74, 6) is -0.412. The number of nitrogens with zero attached hydrogens (tertiary/aromatic N) is 1. The van der Waals surface area contributed by atoms with Gasteiger partial charge in [0.2, 0.25) is 0 Å². The Bertz CT molecular complexity index is 391. The molecule has 0 saturated carbocycles. The second-order valence-electron chi connectivity index (χ2n) is 4.12. The average Bonchev–Trinajstić information content (AvgIpc) is 2.27. The minimum atomic E-state index is -1.05. The maximum Gasteiger partial charge on any atom is 0.321 e. The zero-order chi connectivity index (χ0) is 12.3. The van der Waals surface area contributed by atoms with Crippen molar-refractivity contribution in [2.45, 2.75) is 25.3 Å². The first-order valence-electron chi connectivity index (χ1n) is 4.88. The van der Waals surface area contributed by atoms with Gasteiger partial charge in [0, 0.05) is 17.7 Å². The number of nitrogens with two attached hydrogens (primary N) is 1. The summed E-state index contributed by atoms with van der Waals surface area (Å²) in [5.41, 5.74) is 5.49. The Morgan fingerprint density at radius 1 is 1.62 bits per heavy atom. The normalized spacial score (nSPS) is 13.2. The van der Waals surface area contributed by atoms with Crippen LogP contribution in [0.2, 0.25) is 0 Å². The summed E-state index contributed by atoms with van der Waals surface area (Å²) < 4.78 is 5.06. The molecule has 1 atom stereocenters. The van der Waals surface area contributed by atoms with E-state index in [9.17, 15) is 4.79 Å². The Labute approximate surface area is 94.2 Å². The zero-order valence-electron chi connectivity index (χ0n) is 9.60. The molecule has 88 valence electrons. The quantitative estimate of drug-likeness (QED) is 0.789. The number of hydrogen-bond donors (Lipinski definition) is 2. The number of hydrogen-bond acceptors (Lipinski definition) is 4. The van der Waals surface area contributed by atoms with E-state index in [-0.39, 0.29) is 0 Å². The van der Waals surface area contributed by atoms with Crippen molar-refractivity contribution in [3.05, 3.63) is 24.0 Å². The Morgan fingerprint density at radius 2 is 2.25 bits per heavy atom. The van der Waals surface area contributed by atoms with Gasteiger partial charge in [-0.15, -0.1) is 0 Å². The van der Waals surface area contributed by atoms with Gasteiger partial charge in [-0.25, -0.2) is 0 Å². The van der Waals surface area contributed by atoms with Gasteiger partial charge in [0.05, 0.1) is 12.8 Å². The van der Waals surface area contributed by atoms with Gasteiger partial charge in [-0.05, 0) is 6.07 Å². The molecular formula is C11H16N2O3. The van der Waals surface area contributed by atoms with Crippen LogP contribution in [-0.4, -0.2) is 29.2 Å². The predicted octanol–water partition coefficient (Wildman–Crippen LogP) is 0.780. The van der Waals surface area contributed by atoms with Crippen LogP contribution in [-0.2, 0) is 10.2 Å². The van der Waals surface area contributed by atoms with Crippen molar-refractivity contribution in [2.24, 2.45) is 5.73 Å². The summed E-state index contributed by atoms with van der Waals surface area (Å²) in [5, 5.41) is 8.92. The molecule has 0 fully saturated rings. The standard InChI is InChI=1S/C11H16N2O3/c1-11(2,9(12)10(14)15)8-6-7(16-3)4-5-13-8/h4-6,9H,12H2,1-3H3,(H,14,15). The van der Waals surface area contributed by atoms with Gasteiger partial charge in [0.15, 0.2) is 0 Å². The van der Waals surface area contributed by atoms with E-state index >= 15 is 0 Å². The lowest BCUT2D eigenvalue weighted by atomic mass is 9.81. The number of ether oxygens (including phenoxy) is 1. The lowest BCUT2D eigenvalue weighted by Gasteiger charge is -2.28. The molecule has 1 unspecified atom stereocenters. The van der Waals surface area contributed by atoms with Crippen LogP contribution < -0.4 is 10.5 Å². The maximum absolute atomic E-state index is 10.9. The average molecular weight is 224 g/mol. The fourth-order valence-electron chi connectivity index (χ4n) is 1.36. The largest absolute Gasteiger partial charge is 0.497 e. The summed E-state index contributed by atoms with van der Waals surface area (Å²) in [6.45, 7) is 3.49. The lowest BCUT2D eigenvalue weighted by Crippen LogP contribution is -2.47. The van der Waals surface area contributed by atoms with Gasteiger partial charge in [-0.3, -0.25) is 9.78 Å². The van der Waals surface area contributed by atoms with E-state index in [0.717, 1.165) is 0 Å². The van der Waals surface area contributed by atoms with E-state index in [2.05, 4.69) is 4.98 Å². The second kappa shape index (κ2) is 4.49. The molecule has 1 aromatic heterocycles. The minimum Gasteiger partial charge on any atom is -0.497 e. The van der Waals surface area contributed by atoms with E-state index in [4.69, 9.17) is 15.6 Å². The number of aromatic nitrogens is 1. The van der Waals surface area contributed by atoms with Crippen molar-refractivity contribution in [1.29, 1.82) is 0 Å². The zero-order valence-corrected chi connectivity index (χ0v) is 9.60. The van der Waals surface area contributed by atoms with Crippen LogP contribution in [0.3, 0.4) is 0 Å². The number of aliphatic carboxylic acids is 1. The second-order valence-corrected chi connectivity index (χ2v) is 4.12. The number of carboxylic acids is 1. The van der Waals surface area contributed by atoms with Crippen molar-refractivity contribution in [1.82, 2.24) is 4.98 Å². The van der Waals surface area contributed by atoms with Crippen LogP contribution in [0.15, 0.2) is 18.3 Å². The van der Waals surface area contributed by atoms with E-state index in [1.165, 1.54) is 0 Å². The number of pyridine rings is 1. The van der Waals surface area contributed by atoms with Crippen LogP contribution in [0, 0.1) is 0 Å². The van der Waals surface area contributed by atoms with Crippen molar-refractivity contribution < 1.29 is 14.6 Å². The molecule has 0 aliphatic rings. The SMILES string of the molecule is COc1ccnc(C(C)(C)C(N)C(=O)O)c1. The first-order chi connectivity index (χ1) is 7.39. The fraction of sp³-hybridized carbons (Fsp3) is 0.455. The van der Waals surface area contributed by atoms with Crippen LogP contribution in [0.1, 0.15) is 19.5 Å². The highest BCUT2D eigenvalue weighted by molar-refractivity contribution is 5.75. The van der Waals surface area contributed by atoms with E-state index in [0.29, 0.717) is 11.4 Å². The molecule has 0 saturated heterocycles. The molecule has 5 heteroatoms. The van der Waals surface area contributed by atoms with E-state index < -0.39 is 17.4 Å². The van der Waals surface area contributed by atoms with Crippen LogP contribution in [0.4, 0.5) is 0 Å². The topological polar surface area (TPSA) is 85.4 Å². The monoisotopic (exact) mass is 224 g/mol. The third-order valence-corrected chi connectivity index (χ3v) is 2.67. The minimum absolute atomic E-state index is 0.599. The van der Waals surface area contributed by atoms with Gasteiger partial charge in [-0.2, -0.15) is 0 Å². The van der Waals surface area contributed by atoms with Gasteiger partial charge in [-0.1, -0.05) is 13.8 Å². The van der Waals surface area contributed by atoms with E-state index in [1.807, 2.05) is 0 Å². The number of rotatable bonds is 4. The Morgan fingerprint density at radius 3 is 2.75 bits per heavy atom. The highest BCUT2D eigenvalue weighted by atomic mass is 16.5. The summed E-state index contributed by atoms with van der Waals surface area (Å²) in [7, 11) is 1.54. The molecule has 1 aromatic rings. The van der Waals surface area contributed by atoms with Crippen LogP contribution in [0.25, 0.3) is 0 Å². The Hall–Kier alpha value is -1.62. The van der Waals surface area contributed by atoms with Gasteiger partial charge in [0.1, 0.15) is 11.8 Å². The summed E-state index contributed by atoms with van der Waals surface area (Å²) in [6, 6.07) is 2.39. The maximum atomic E-state index is 10.9. The molecule has 1 rings (SSSR count). The lowest BCUT2D eigenvalue weighted by molar-refractivity contribution is -0.140. The number of methoxy groups -OCH3 is 1. The van der Waals surface area contributed by atoms with Crippen molar-refractivity contribution >= 4 is 5.97 Å². The predicted molar refractivity (Wildman–Crippen MR) is 59.4 cm³/mol. The van der Waals surface area contributed by atoms with Gasteiger partial charge < -0.3 is 15.6 Å². The molecule has 3 N–H and O–H groups in total. The molecule has 5 nitrogen and oxygen atoms in total. The molecule has 0 aliphatic carbocycles. The Kier molecular flexibility index (Phi) is 3.49. The molecule has 0 aromatic carbocycles. The van der Waals surface area contributed by atoms with Crippen LogP contribution in [0.5, 0.6) is 5.75 Å². The molecular weight excluding hydrogens is 208 g/mol. The fourth-order valence-corrected chi connectivity index (χ4v) is 1.36.